The Hall–Kier alpha value is -2.45. The summed E-state index contributed by atoms with van der Waals surface area (Å²) in [7, 11) is 1.64. The zero-order valence-electron chi connectivity index (χ0n) is 16.8. The summed E-state index contributed by atoms with van der Waals surface area (Å²) in [6, 6.07) is 7.41. The summed E-state index contributed by atoms with van der Waals surface area (Å²) < 4.78 is 10.5. The Morgan fingerprint density at radius 2 is 2.00 bits per heavy atom. The second kappa shape index (κ2) is 9.16. The summed E-state index contributed by atoms with van der Waals surface area (Å²) in [5, 5.41) is 8.90. The van der Waals surface area contributed by atoms with Crippen LogP contribution in [0, 0.1) is 6.92 Å². The minimum absolute atomic E-state index is 0.0503. The van der Waals surface area contributed by atoms with Gasteiger partial charge < -0.3 is 20.1 Å². The van der Waals surface area contributed by atoms with Crippen molar-refractivity contribution in [2.24, 2.45) is 5.73 Å². The normalized spacial score (nSPS) is 18.1. The number of rotatable bonds is 7. The highest BCUT2D eigenvalue weighted by Crippen LogP contribution is 2.22. The van der Waals surface area contributed by atoms with Gasteiger partial charge in [0.15, 0.2) is 5.69 Å². The van der Waals surface area contributed by atoms with Crippen molar-refractivity contribution in [2.75, 3.05) is 26.9 Å². The monoisotopic (exact) mass is 387 g/mol. The fourth-order valence-electron chi connectivity index (χ4n) is 3.50. The van der Waals surface area contributed by atoms with Gasteiger partial charge >= 0.3 is 0 Å². The number of likely N-dealkylation sites (tertiary alicyclic amines) is 1. The molecule has 0 spiro atoms. The molecule has 1 amide bonds. The second-order valence-electron chi connectivity index (χ2n) is 7.18. The Balaban J connectivity index is 1.76. The Bertz CT molecular complexity index is 788. The fourth-order valence-corrected chi connectivity index (χ4v) is 3.50. The molecule has 0 aliphatic carbocycles. The first-order valence-corrected chi connectivity index (χ1v) is 9.74. The number of ether oxygens (including phenoxy) is 2. The zero-order chi connectivity index (χ0) is 20.1. The van der Waals surface area contributed by atoms with E-state index in [-0.39, 0.29) is 18.0 Å². The third-order valence-electron chi connectivity index (χ3n) is 5.03. The number of hydrogen-bond donors (Lipinski definition) is 1. The van der Waals surface area contributed by atoms with E-state index in [0.717, 1.165) is 30.7 Å². The number of aromatic nitrogens is 3. The van der Waals surface area contributed by atoms with E-state index >= 15 is 0 Å². The molecule has 1 fully saturated rings. The molecule has 8 nitrogen and oxygen atoms in total. The van der Waals surface area contributed by atoms with Gasteiger partial charge in [-0.3, -0.25) is 4.79 Å². The molecule has 28 heavy (non-hydrogen) atoms. The molecule has 0 radical (unpaired) electrons. The average molecular weight is 387 g/mol. The molecule has 2 heterocycles. The molecule has 0 saturated carbocycles. The molecule has 8 heteroatoms. The maximum atomic E-state index is 13.1. The number of hydrogen-bond acceptors (Lipinski definition) is 6. The van der Waals surface area contributed by atoms with Crippen molar-refractivity contribution in [1.29, 1.82) is 0 Å². The van der Waals surface area contributed by atoms with E-state index in [4.69, 9.17) is 15.2 Å². The SMILES string of the molecule is COCCOc1ccc(-n2nc(C)c(C(=O)N3CCCC[C@@H]3[C@@H](C)N)n2)cc1. The van der Waals surface area contributed by atoms with Gasteiger partial charge in [-0.1, -0.05) is 0 Å². The topological polar surface area (TPSA) is 95.5 Å². The molecule has 1 aliphatic heterocycles. The number of aryl methyl sites for hydroxylation is 1. The smallest absolute Gasteiger partial charge is 0.276 e. The van der Waals surface area contributed by atoms with Crippen LogP contribution in [0.2, 0.25) is 0 Å². The number of nitrogens with zero attached hydrogens (tertiary/aromatic N) is 4. The van der Waals surface area contributed by atoms with Crippen molar-refractivity contribution < 1.29 is 14.3 Å². The summed E-state index contributed by atoms with van der Waals surface area (Å²) in [5.41, 5.74) is 7.87. The van der Waals surface area contributed by atoms with E-state index in [1.165, 1.54) is 4.80 Å². The third kappa shape index (κ3) is 4.51. The summed E-state index contributed by atoms with van der Waals surface area (Å²) in [4.78, 5) is 16.5. The van der Waals surface area contributed by atoms with Gasteiger partial charge in [0, 0.05) is 25.7 Å². The first-order chi connectivity index (χ1) is 13.5. The maximum Gasteiger partial charge on any atom is 0.276 e. The van der Waals surface area contributed by atoms with Crippen molar-refractivity contribution in [3.05, 3.63) is 35.7 Å². The molecule has 3 rings (SSSR count). The lowest BCUT2D eigenvalue weighted by atomic mass is 9.96. The largest absolute Gasteiger partial charge is 0.491 e. The van der Waals surface area contributed by atoms with Gasteiger partial charge in [-0.05, 0) is 57.4 Å². The number of amides is 1. The maximum absolute atomic E-state index is 13.1. The van der Waals surface area contributed by atoms with Crippen LogP contribution in [0.4, 0.5) is 0 Å². The number of nitrogens with two attached hydrogens (primary N) is 1. The number of carbonyl (C=O) groups excluding carboxylic acids is 1. The standard InChI is InChI=1S/C20H29N5O3/c1-14(21)18-6-4-5-11-24(18)20(26)19-15(2)22-25(23-19)16-7-9-17(10-8-16)28-13-12-27-3/h7-10,14,18H,4-6,11-13,21H2,1-3H3/t14-,18-/m1/s1. The molecule has 2 aromatic rings. The highest BCUT2D eigenvalue weighted by atomic mass is 16.5. The van der Waals surface area contributed by atoms with Crippen LogP contribution in [0.25, 0.3) is 5.69 Å². The van der Waals surface area contributed by atoms with Gasteiger partial charge in [-0.15, -0.1) is 5.10 Å². The molecule has 0 bridgehead atoms. The van der Waals surface area contributed by atoms with E-state index in [1.807, 2.05) is 43.0 Å². The van der Waals surface area contributed by atoms with E-state index in [0.29, 0.717) is 31.1 Å². The van der Waals surface area contributed by atoms with Crippen molar-refractivity contribution in [1.82, 2.24) is 19.9 Å². The highest BCUT2D eigenvalue weighted by Gasteiger charge is 2.32. The van der Waals surface area contributed by atoms with Gasteiger partial charge in [-0.25, -0.2) is 0 Å². The molecular formula is C20H29N5O3. The minimum Gasteiger partial charge on any atom is -0.491 e. The number of carbonyl (C=O) groups is 1. The van der Waals surface area contributed by atoms with E-state index in [2.05, 4.69) is 10.2 Å². The molecule has 0 unspecified atom stereocenters. The summed E-state index contributed by atoms with van der Waals surface area (Å²) >= 11 is 0. The van der Waals surface area contributed by atoms with Crippen LogP contribution in [0.3, 0.4) is 0 Å². The summed E-state index contributed by atoms with van der Waals surface area (Å²) in [6.07, 6.45) is 3.02. The lowest BCUT2D eigenvalue weighted by molar-refractivity contribution is 0.0576. The van der Waals surface area contributed by atoms with Crippen LogP contribution < -0.4 is 10.5 Å². The van der Waals surface area contributed by atoms with Crippen molar-refractivity contribution in [3.8, 4) is 11.4 Å². The van der Waals surface area contributed by atoms with Gasteiger partial charge in [0.25, 0.3) is 5.91 Å². The Morgan fingerprint density at radius 1 is 1.25 bits per heavy atom. The molecular weight excluding hydrogens is 358 g/mol. The molecule has 1 saturated heterocycles. The van der Waals surface area contributed by atoms with Gasteiger partial charge in [0.2, 0.25) is 0 Å². The van der Waals surface area contributed by atoms with Gasteiger partial charge in [0.1, 0.15) is 12.4 Å². The fraction of sp³-hybridized carbons (Fsp3) is 0.550. The van der Waals surface area contributed by atoms with Gasteiger partial charge in [-0.2, -0.15) is 9.90 Å². The second-order valence-corrected chi connectivity index (χ2v) is 7.18. The number of piperidine rings is 1. The van der Waals surface area contributed by atoms with Crippen LogP contribution in [0.5, 0.6) is 5.75 Å². The van der Waals surface area contributed by atoms with Crippen molar-refractivity contribution in [3.63, 3.8) is 0 Å². The molecule has 1 aromatic heterocycles. The molecule has 1 aliphatic rings. The van der Waals surface area contributed by atoms with Gasteiger partial charge in [0.05, 0.1) is 18.0 Å². The molecule has 152 valence electrons. The highest BCUT2D eigenvalue weighted by molar-refractivity contribution is 5.93. The Morgan fingerprint density at radius 3 is 2.68 bits per heavy atom. The predicted octanol–water partition coefficient (Wildman–Crippen LogP) is 1.94. The first-order valence-electron chi connectivity index (χ1n) is 9.74. The Labute approximate surface area is 165 Å². The van der Waals surface area contributed by atoms with Crippen LogP contribution in [-0.4, -0.2) is 64.8 Å². The van der Waals surface area contributed by atoms with Crippen molar-refractivity contribution in [2.45, 2.75) is 45.2 Å². The van der Waals surface area contributed by atoms with E-state index in [9.17, 15) is 4.79 Å². The lowest BCUT2D eigenvalue weighted by Crippen LogP contribution is -2.51. The number of methoxy groups -OCH3 is 1. The number of benzene rings is 1. The quantitative estimate of drug-likeness (QED) is 0.730. The van der Waals surface area contributed by atoms with Crippen molar-refractivity contribution >= 4 is 5.91 Å². The van der Waals surface area contributed by atoms with Crippen LogP contribution in [-0.2, 0) is 4.74 Å². The Kier molecular flexibility index (Phi) is 6.64. The van der Waals surface area contributed by atoms with Crippen LogP contribution in [0.1, 0.15) is 42.4 Å². The summed E-state index contributed by atoms with van der Waals surface area (Å²) in [5.74, 6) is 0.652. The van der Waals surface area contributed by atoms with E-state index in [1.54, 1.807) is 7.11 Å². The lowest BCUT2D eigenvalue weighted by Gasteiger charge is -2.37. The molecule has 1 aromatic carbocycles. The van der Waals surface area contributed by atoms with E-state index < -0.39 is 0 Å². The zero-order valence-corrected chi connectivity index (χ0v) is 16.8. The minimum atomic E-state index is -0.0923. The predicted molar refractivity (Wildman–Crippen MR) is 106 cm³/mol. The van der Waals surface area contributed by atoms with Crippen LogP contribution >= 0.6 is 0 Å². The molecule has 2 atom stereocenters. The average Bonchev–Trinajstić information content (AvgIpc) is 3.09. The molecule has 2 N–H and O–H groups in total. The first kappa shape index (κ1) is 20.3. The van der Waals surface area contributed by atoms with Crippen LogP contribution in [0.15, 0.2) is 24.3 Å². The third-order valence-corrected chi connectivity index (χ3v) is 5.03. The summed E-state index contributed by atoms with van der Waals surface area (Å²) in [6.45, 7) is 5.50.